The third kappa shape index (κ3) is 7.29. The van der Waals surface area contributed by atoms with E-state index in [1.54, 1.807) is 12.1 Å². The van der Waals surface area contributed by atoms with Crippen LogP contribution < -0.4 is 20.7 Å². The minimum absolute atomic E-state index is 0.00658. The number of thioether (sulfide) groups is 1. The number of aliphatic carboxylic acids is 1. The number of amides is 4. The molecular weight excluding hydrogens is 701 g/mol. The molecule has 0 spiro atoms. The number of pyridine rings is 1. The van der Waals surface area contributed by atoms with Gasteiger partial charge in [0, 0.05) is 54.4 Å². The summed E-state index contributed by atoms with van der Waals surface area (Å²) in [5, 5.41) is 36.2. The monoisotopic (exact) mass is 731 g/mol. The highest BCUT2D eigenvalue weighted by Crippen LogP contribution is 2.47. The summed E-state index contributed by atoms with van der Waals surface area (Å²) in [4.78, 5) is 82.2. The highest BCUT2D eigenvalue weighted by molar-refractivity contribution is 8.00. The van der Waals surface area contributed by atoms with Crippen molar-refractivity contribution < 1.29 is 53.2 Å². The fourth-order valence-electron chi connectivity index (χ4n) is 6.23. The van der Waals surface area contributed by atoms with Gasteiger partial charge in [-0.3, -0.25) is 29.1 Å². The van der Waals surface area contributed by atoms with Gasteiger partial charge in [-0.05, 0) is 71.7 Å². The van der Waals surface area contributed by atoms with Gasteiger partial charge in [0.2, 0.25) is 11.8 Å². The second-order valence-corrected chi connectivity index (χ2v) is 13.0. The van der Waals surface area contributed by atoms with Gasteiger partial charge in [0.25, 0.3) is 11.8 Å². The number of aromatic nitrogens is 1. The highest BCUT2D eigenvalue weighted by atomic mass is 32.2. The second kappa shape index (κ2) is 14.9. The van der Waals surface area contributed by atoms with Crippen molar-refractivity contribution in [3.8, 4) is 11.5 Å². The Morgan fingerprint density at radius 1 is 1.02 bits per heavy atom. The average Bonchev–Trinajstić information content (AvgIpc) is 3.55. The molecule has 3 atom stereocenters. The Hall–Kier alpha value is -6.23. The molecule has 0 aliphatic carbocycles. The molecule has 1 aromatic heterocycles. The maximum atomic E-state index is 14.0. The standard InChI is InChI=1S/C35H30FN5O10S/c36-24-13-19(3-6-25(24)42)39-26(43)14-22(17-7-10-37-11-8-17)28(21-9-12-38-31(21)45)23-16-52-33-29(32(46)41(33)30(23)35(49)50)40-27(44)15-51-20-4-1-18(2-5-20)34(47)48/h1-8,10-11,13,22,29,33,42H,9,12,14-16H2,(H,38,45)(H,39,43)(H,40,44)(H,47,48)(H,49,50)/t22?,29-,33-/m1/s1. The molecule has 6 N–H and O–H groups in total. The number of nitrogens with zero attached hydrogens (tertiary/aromatic N) is 2. The predicted octanol–water partition coefficient (Wildman–Crippen LogP) is 2.37. The summed E-state index contributed by atoms with van der Waals surface area (Å²) in [6, 6.07) is 10.8. The number of β-lactam (4-membered cyclic amide) rings is 1. The molecule has 17 heteroatoms. The zero-order chi connectivity index (χ0) is 37.1. The van der Waals surface area contributed by atoms with E-state index in [1.807, 2.05) is 0 Å². The van der Waals surface area contributed by atoms with Gasteiger partial charge < -0.3 is 36.0 Å². The minimum atomic E-state index is -1.46. The number of benzene rings is 2. The van der Waals surface area contributed by atoms with Crippen LogP contribution in [0.5, 0.6) is 11.5 Å². The molecule has 0 saturated carbocycles. The molecule has 0 radical (unpaired) electrons. The molecule has 2 saturated heterocycles. The van der Waals surface area contributed by atoms with Crippen LogP contribution in [-0.2, 0) is 24.0 Å². The Morgan fingerprint density at radius 2 is 1.75 bits per heavy atom. The Labute approximate surface area is 298 Å². The molecule has 15 nitrogen and oxygen atoms in total. The number of phenols is 1. The van der Waals surface area contributed by atoms with E-state index in [0.717, 1.165) is 17.0 Å². The van der Waals surface area contributed by atoms with Crippen molar-refractivity contribution in [2.75, 3.05) is 24.2 Å². The third-order valence-corrected chi connectivity index (χ3v) is 9.90. The number of halogens is 1. The number of carboxylic acids is 2. The van der Waals surface area contributed by atoms with Crippen molar-refractivity contribution >= 4 is 53.0 Å². The number of hydrogen-bond donors (Lipinski definition) is 6. The number of hydrogen-bond acceptors (Lipinski definition) is 10. The molecule has 3 aliphatic rings. The molecule has 0 bridgehead atoms. The summed E-state index contributed by atoms with van der Waals surface area (Å²) in [6.45, 7) is -0.244. The molecule has 3 aliphatic heterocycles. The summed E-state index contributed by atoms with van der Waals surface area (Å²) in [5.41, 5.74) is 0.855. The van der Waals surface area contributed by atoms with E-state index in [-0.39, 0.29) is 58.9 Å². The van der Waals surface area contributed by atoms with E-state index in [2.05, 4.69) is 20.9 Å². The lowest BCUT2D eigenvalue weighted by Crippen LogP contribution is -2.71. The van der Waals surface area contributed by atoms with Gasteiger partial charge in [-0.2, -0.15) is 0 Å². The van der Waals surface area contributed by atoms with Gasteiger partial charge >= 0.3 is 11.9 Å². The molecule has 2 aromatic carbocycles. The van der Waals surface area contributed by atoms with Crippen LogP contribution in [-0.4, -0.2) is 91.1 Å². The fraction of sp³-hybridized carbons (Fsp3) is 0.229. The van der Waals surface area contributed by atoms with Gasteiger partial charge in [-0.25, -0.2) is 14.0 Å². The van der Waals surface area contributed by atoms with Gasteiger partial charge in [-0.15, -0.1) is 11.8 Å². The molecule has 268 valence electrons. The molecule has 4 amide bonds. The Kier molecular flexibility index (Phi) is 10.2. The number of carbonyl (C=O) groups excluding carboxylic acids is 4. The van der Waals surface area contributed by atoms with Crippen LogP contribution in [0.2, 0.25) is 0 Å². The zero-order valence-electron chi connectivity index (χ0n) is 27.0. The van der Waals surface area contributed by atoms with Crippen LogP contribution in [0, 0.1) is 5.82 Å². The molecule has 4 heterocycles. The maximum Gasteiger partial charge on any atom is 0.352 e. The summed E-state index contributed by atoms with van der Waals surface area (Å²) in [5.74, 6) is -7.29. The van der Waals surface area contributed by atoms with E-state index in [0.29, 0.717) is 5.56 Å². The number of aromatic carboxylic acids is 1. The number of carboxylic acid groups (broad SMARTS) is 2. The summed E-state index contributed by atoms with van der Waals surface area (Å²) in [6.07, 6.45) is 2.84. The number of aromatic hydroxyl groups is 1. The largest absolute Gasteiger partial charge is 0.505 e. The molecule has 3 aromatic rings. The molecule has 52 heavy (non-hydrogen) atoms. The van der Waals surface area contributed by atoms with Crippen LogP contribution in [0.3, 0.4) is 0 Å². The average molecular weight is 732 g/mol. The van der Waals surface area contributed by atoms with Crippen molar-refractivity contribution in [1.29, 1.82) is 0 Å². The van der Waals surface area contributed by atoms with E-state index in [4.69, 9.17) is 9.84 Å². The van der Waals surface area contributed by atoms with Crippen LogP contribution >= 0.6 is 11.8 Å². The summed E-state index contributed by atoms with van der Waals surface area (Å²) >= 11 is 1.17. The second-order valence-electron chi connectivity index (χ2n) is 11.9. The van der Waals surface area contributed by atoms with E-state index < -0.39 is 76.8 Å². The van der Waals surface area contributed by atoms with E-state index >= 15 is 0 Å². The quantitative estimate of drug-likeness (QED) is 0.0898. The Morgan fingerprint density at radius 3 is 2.38 bits per heavy atom. The predicted molar refractivity (Wildman–Crippen MR) is 182 cm³/mol. The lowest BCUT2D eigenvalue weighted by molar-refractivity contribution is -0.150. The lowest BCUT2D eigenvalue weighted by Gasteiger charge is -2.50. The molecule has 2 fully saturated rings. The lowest BCUT2D eigenvalue weighted by atomic mass is 9.80. The number of rotatable bonds is 12. The van der Waals surface area contributed by atoms with Gasteiger partial charge in [0.05, 0.1) is 5.56 Å². The van der Waals surface area contributed by atoms with Crippen molar-refractivity contribution in [3.05, 3.63) is 106 Å². The van der Waals surface area contributed by atoms with E-state index in [1.165, 1.54) is 54.5 Å². The zero-order valence-corrected chi connectivity index (χ0v) is 27.8. The normalized spacial score (nSPS) is 19.5. The number of nitrogens with one attached hydrogen (secondary N) is 3. The van der Waals surface area contributed by atoms with Crippen LogP contribution in [0.4, 0.5) is 10.1 Å². The Bertz CT molecular complexity index is 2040. The number of phenolic OH excluding ortho intramolecular Hbond substituents is 1. The van der Waals surface area contributed by atoms with Crippen LogP contribution in [0.25, 0.3) is 0 Å². The first kappa shape index (κ1) is 35.6. The Balaban J connectivity index is 1.28. The number of anilines is 1. The summed E-state index contributed by atoms with van der Waals surface area (Å²) < 4.78 is 19.5. The highest BCUT2D eigenvalue weighted by Gasteiger charge is 2.55. The SMILES string of the molecule is O=C(CC(C(=C1CCNC1=O)C1=C(C(=O)O)N2C(=O)[C@@H](NC(=O)COc3ccc(C(=O)O)cc3)[C@H]2SC1)c1ccncc1)Nc1ccc(O)c(F)c1. The van der Waals surface area contributed by atoms with Crippen molar-refractivity contribution in [2.45, 2.75) is 30.2 Å². The molecule has 6 rings (SSSR count). The van der Waals surface area contributed by atoms with Crippen molar-refractivity contribution in [2.24, 2.45) is 0 Å². The first-order chi connectivity index (χ1) is 24.9. The molecule has 1 unspecified atom stereocenters. The molecular formula is C35H30FN5O10S. The van der Waals surface area contributed by atoms with Gasteiger partial charge in [0.1, 0.15) is 22.9 Å². The number of fused-ring (bicyclic) bond motifs is 1. The summed E-state index contributed by atoms with van der Waals surface area (Å²) in [7, 11) is 0. The minimum Gasteiger partial charge on any atom is -0.505 e. The smallest absolute Gasteiger partial charge is 0.352 e. The number of ether oxygens (including phenoxy) is 1. The number of carbonyl (C=O) groups is 6. The first-order valence-electron chi connectivity index (χ1n) is 15.8. The topological polar surface area (TPSA) is 225 Å². The van der Waals surface area contributed by atoms with Crippen LogP contribution in [0.1, 0.15) is 34.7 Å². The van der Waals surface area contributed by atoms with Crippen molar-refractivity contribution in [1.82, 2.24) is 20.5 Å². The maximum absolute atomic E-state index is 14.0. The van der Waals surface area contributed by atoms with Gasteiger partial charge in [0.15, 0.2) is 18.2 Å². The number of allylic oxidation sites excluding steroid dienone is 1. The van der Waals surface area contributed by atoms with Crippen LogP contribution in [0.15, 0.2) is 89.4 Å². The first-order valence-corrected chi connectivity index (χ1v) is 16.8. The third-order valence-electron chi connectivity index (χ3n) is 8.62. The van der Waals surface area contributed by atoms with Crippen molar-refractivity contribution in [3.63, 3.8) is 0 Å². The fourth-order valence-corrected chi connectivity index (χ4v) is 7.59. The van der Waals surface area contributed by atoms with E-state index in [9.17, 15) is 43.4 Å². The van der Waals surface area contributed by atoms with Gasteiger partial charge in [-0.1, -0.05) is 0 Å².